The van der Waals surface area contributed by atoms with Crippen LogP contribution >= 0.6 is 0 Å². The predicted molar refractivity (Wildman–Crippen MR) is 102 cm³/mol. The summed E-state index contributed by atoms with van der Waals surface area (Å²) in [6, 6.07) is 6.23. The molecule has 1 fully saturated rings. The number of ether oxygens (including phenoxy) is 1. The van der Waals surface area contributed by atoms with Crippen molar-refractivity contribution < 1.29 is 23.6 Å². The minimum Gasteiger partial charge on any atom is -0.466 e. The summed E-state index contributed by atoms with van der Waals surface area (Å²) in [6.07, 6.45) is 2.41. The van der Waals surface area contributed by atoms with Crippen LogP contribution < -0.4 is 0 Å². The SMILES string of the molecule is CCOC(=O)[C@@]1(C[C@@H]2CC(c3cccc(F)c3)=NO2)CCCN(C(=O)CC)C1. The first kappa shape index (κ1) is 20.3. The number of carbonyl (C=O) groups is 2. The van der Waals surface area contributed by atoms with Gasteiger partial charge in [-0.3, -0.25) is 9.59 Å². The van der Waals surface area contributed by atoms with Crippen molar-refractivity contribution in [3.63, 3.8) is 0 Å². The van der Waals surface area contributed by atoms with Crippen LogP contribution in [0.1, 0.15) is 51.5 Å². The van der Waals surface area contributed by atoms with Gasteiger partial charge in [-0.2, -0.15) is 0 Å². The average molecular weight is 390 g/mol. The van der Waals surface area contributed by atoms with Crippen LogP contribution in [0.3, 0.4) is 0 Å². The Morgan fingerprint density at radius 3 is 2.93 bits per heavy atom. The van der Waals surface area contributed by atoms with Crippen molar-refractivity contribution in [2.24, 2.45) is 10.6 Å². The second-order valence-corrected chi connectivity index (χ2v) is 7.46. The summed E-state index contributed by atoms with van der Waals surface area (Å²) in [6.45, 7) is 4.89. The Bertz CT molecular complexity index is 767. The van der Waals surface area contributed by atoms with Crippen molar-refractivity contribution in [2.75, 3.05) is 19.7 Å². The molecule has 1 saturated heterocycles. The highest BCUT2D eigenvalue weighted by Crippen LogP contribution is 2.39. The van der Waals surface area contributed by atoms with Crippen LogP contribution in [0.25, 0.3) is 0 Å². The van der Waals surface area contributed by atoms with Gasteiger partial charge in [-0.25, -0.2) is 4.39 Å². The smallest absolute Gasteiger partial charge is 0.314 e. The molecule has 2 aliphatic heterocycles. The van der Waals surface area contributed by atoms with Gasteiger partial charge >= 0.3 is 5.97 Å². The topological polar surface area (TPSA) is 68.2 Å². The first-order chi connectivity index (χ1) is 13.5. The molecule has 7 heteroatoms. The normalized spacial score (nSPS) is 24.5. The minimum absolute atomic E-state index is 0.0393. The Balaban J connectivity index is 1.74. The van der Waals surface area contributed by atoms with E-state index in [-0.39, 0.29) is 23.8 Å². The summed E-state index contributed by atoms with van der Waals surface area (Å²) in [5.41, 5.74) is 0.552. The molecule has 1 aromatic rings. The third kappa shape index (κ3) is 4.34. The van der Waals surface area contributed by atoms with Crippen LogP contribution in [0, 0.1) is 11.2 Å². The Hall–Kier alpha value is -2.44. The number of likely N-dealkylation sites (tertiary alicyclic amines) is 1. The molecule has 1 aromatic carbocycles. The van der Waals surface area contributed by atoms with Crippen molar-refractivity contribution in [3.8, 4) is 0 Å². The molecule has 0 N–H and O–H groups in total. The highest BCUT2D eigenvalue weighted by Gasteiger charge is 2.47. The van der Waals surface area contributed by atoms with E-state index in [1.165, 1.54) is 12.1 Å². The zero-order valence-corrected chi connectivity index (χ0v) is 16.4. The van der Waals surface area contributed by atoms with Crippen LogP contribution in [-0.4, -0.2) is 48.3 Å². The Morgan fingerprint density at radius 2 is 2.21 bits per heavy atom. The van der Waals surface area contributed by atoms with Gasteiger partial charge in [-0.05, 0) is 31.9 Å². The summed E-state index contributed by atoms with van der Waals surface area (Å²) < 4.78 is 18.9. The van der Waals surface area contributed by atoms with Crippen molar-refractivity contribution in [2.45, 2.75) is 52.1 Å². The number of amides is 1. The predicted octanol–water partition coefficient (Wildman–Crippen LogP) is 3.29. The van der Waals surface area contributed by atoms with Gasteiger partial charge in [0.2, 0.25) is 5.91 Å². The van der Waals surface area contributed by atoms with Crippen LogP contribution in [0.4, 0.5) is 4.39 Å². The van der Waals surface area contributed by atoms with E-state index in [1.54, 1.807) is 24.0 Å². The molecule has 0 radical (unpaired) electrons. The van der Waals surface area contributed by atoms with E-state index in [0.29, 0.717) is 56.7 Å². The van der Waals surface area contributed by atoms with Crippen LogP contribution in [-0.2, 0) is 19.2 Å². The Labute approximate surface area is 164 Å². The number of hydrogen-bond acceptors (Lipinski definition) is 5. The third-order valence-corrected chi connectivity index (χ3v) is 5.45. The zero-order valence-electron chi connectivity index (χ0n) is 16.4. The monoisotopic (exact) mass is 390 g/mol. The fraction of sp³-hybridized carbons (Fsp3) is 0.571. The first-order valence-corrected chi connectivity index (χ1v) is 9.91. The molecule has 0 aliphatic carbocycles. The molecule has 0 aromatic heterocycles. The molecule has 6 nitrogen and oxygen atoms in total. The van der Waals surface area contributed by atoms with Gasteiger partial charge in [-0.1, -0.05) is 24.2 Å². The number of halogens is 1. The molecule has 2 atom stereocenters. The van der Waals surface area contributed by atoms with Crippen molar-refractivity contribution >= 4 is 17.6 Å². The van der Waals surface area contributed by atoms with E-state index in [0.717, 1.165) is 6.42 Å². The second-order valence-electron chi connectivity index (χ2n) is 7.46. The number of benzene rings is 1. The number of nitrogens with zero attached hydrogens (tertiary/aromatic N) is 2. The summed E-state index contributed by atoms with van der Waals surface area (Å²) in [5, 5.41) is 4.12. The van der Waals surface area contributed by atoms with E-state index < -0.39 is 5.41 Å². The molecule has 2 heterocycles. The molecule has 1 amide bonds. The van der Waals surface area contributed by atoms with E-state index in [9.17, 15) is 14.0 Å². The van der Waals surface area contributed by atoms with Crippen molar-refractivity contribution in [3.05, 3.63) is 35.6 Å². The number of oxime groups is 1. The minimum atomic E-state index is -0.795. The number of esters is 1. The number of rotatable bonds is 6. The summed E-state index contributed by atoms with van der Waals surface area (Å²) >= 11 is 0. The van der Waals surface area contributed by atoms with E-state index in [1.807, 2.05) is 6.92 Å². The summed E-state index contributed by atoms with van der Waals surface area (Å²) in [4.78, 5) is 32.4. The van der Waals surface area contributed by atoms with Gasteiger partial charge in [0, 0.05) is 37.9 Å². The molecule has 3 rings (SSSR count). The Morgan fingerprint density at radius 1 is 1.39 bits per heavy atom. The van der Waals surface area contributed by atoms with Gasteiger partial charge in [0.1, 0.15) is 11.9 Å². The lowest BCUT2D eigenvalue weighted by molar-refractivity contribution is -0.163. The maximum Gasteiger partial charge on any atom is 0.314 e. The second kappa shape index (κ2) is 8.71. The lowest BCUT2D eigenvalue weighted by Crippen LogP contribution is -2.51. The molecule has 0 spiro atoms. The van der Waals surface area contributed by atoms with Gasteiger partial charge < -0.3 is 14.5 Å². The van der Waals surface area contributed by atoms with Crippen molar-refractivity contribution in [1.82, 2.24) is 4.90 Å². The standard InChI is InChI=1S/C21H27FN2O4/c1-3-19(25)24-10-6-9-21(14-24,20(26)27-4-2)13-17-12-18(23-28-17)15-7-5-8-16(22)11-15/h5,7-8,11,17H,3-4,6,9-10,12-14H2,1-2H3/t17-,21+/m0/s1. The molecule has 0 saturated carbocycles. The number of piperidine rings is 1. The van der Waals surface area contributed by atoms with E-state index >= 15 is 0 Å². The zero-order chi connectivity index (χ0) is 20.1. The van der Waals surface area contributed by atoms with Gasteiger partial charge in [0.05, 0.1) is 17.7 Å². The molecule has 28 heavy (non-hydrogen) atoms. The molecule has 0 bridgehead atoms. The molecule has 2 aliphatic rings. The largest absolute Gasteiger partial charge is 0.466 e. The Kier molecular flexibility index (Phi) is 6.31. The highest BCUT2D eigenvalue weighted by atomic mass is 19.1. The molecular formula is C21H27FN2O4. The number of hydrogen-bond donors (Lipinski definition) is 0. The third-order valence-electron chi connectivity index (χ3n) is 5.45. The average Bonchev–Trinajstić information content (AvgIpc) is 3.16. The van der Waals surface area contributed by atoms with E-state index in [2.05, 4.69) is 5.16 Å². The fourth-order valence-electron chi connectivity index (χ4n) is 4.08. The highest BCUT2D eigenvalue weighted by molar-refractivity contribution is 6.01. The van der Waals surface area contributed by atoms with Gasteiger partial charge in [-0.15, -0.1) is 0 Å². The first-order valence-electron chi connectivity index (χ1n) is 9.91. The summed E-state index contributed by atoms with van der Waals surface area (Å²) in [7, 11) is 0. The molecule has 152 valence electrons. The number of carbonyl (C=O) groups excluding carboxylic acids is 2. The molecular weight excluding hydrogens is 363 g/mol. The van der Waals surface area contributed by atoms with E-state index in [4.69, 9.17) is 9.57 Å². The maximum absolute atomic E-state index is 13.5. The maximum atomic E-state index is 13.5. The van der Waals surface area contributed by atoms with Crippen LogP contribution in [0.5, 0.6) is 0 Å². The summed E-state index contributed by atoms with van der Waals surface area (Å²) in [5.74, 6) is -0.573. The lowest BCUT2D eigenvalue weighted by Gasteiger charge is -2.41. The molecule has 0 unspecified atom stereocenters. The van der Waals surface area contributed by atoms with Crippen molar-refractivity contribution in [1.29, 1.82) is 0 Å². The fourth-order valence-corrected chi connectivity index (χ4v) is 4.08. The lowest BCUT2D eigenvalue weighted by atomic mass is 9.74. The van der Waals surface area contributed by atoms with Crippen LogP contribution in [0.15, 0.2) is 29.4 Å². The van der Waals surface area contributed by atoms with Crippen LogP contribution in [0.2, 0.25) is 0 Å². The van der Waals surface area contributed by atoms with Gasteiger partial charge in [0.25, 0.3) is 0 Å². The quantitative estimate of drug-likeness (QED) is 0.699. The van der Waals surface area contributed by atoms with Gasteiger partial charge in [0.15, 0.2) is 0 Å².